The van der Waals surface area contributed by atoms with Crippen LogP contribution in [0.2, 0.25) is 0 Å². The summed E-state index contributed by atoms with van der Waals surface area (Å²) in [6, 6.07) is 0. The minimum absolute atomic E-state index is 0.192. The van der Waals surface area contributed by atoms with Crippen LogP contribution in [0.25, 0.3) is 0 Å². The lowest BCUT2D eigenvalue weighted by molar-refractivity contribution is -0.121. The quantitative estimate of drug-likeness (QED) is 0.125. The monoisotopic (exact) mass is 489 g/mol. The van der Waals surface area contributed by atoms with Gasteiger partial charge in [-0.2, -0.15) is 0 Å². The van der Waals surface area contributed by atoms with Gasteiger partial charge in [0.25, 0.3) is 0 Å². The van der Waals surface area contributed by atoms with Crippen LogP contribution >= 0.6 is 0 Å². The summed E-state index contributed by atoms with van der Waals surface area (Å²) in [6.45, 7) is 3.01. The van der Waals surface area contributed by atoms with Crippen LogP contribution < -0.4 is 5.32 Å². The van der Waals surface area contributed by atoms with Crippen LogP contribution in [0, 0.1) is 0 Å². The Labute approximate surface area is 218 Å². The number of amides is 1. The van der Waals surface area contributed by atoms with Crippen LogP contribution in [-0.2, 0) is 4.79 Å². The van der Waals surface area contributed by atoms with Gasteiger partial charge in [-0.1, -0.05) is 147 Å². The van der Waals surface area contributed by atoms with E-state index in [1.165, 1.54) is 134 Å². The summed E-state index contributed by atoms with van der Waals surface area (Å²) in [5.74, 6) is 0.658. The predicted octanol–water partition coefficient (Wildman–Crippen LogP) is 10.3. The molecule has 0 aliphatic heterocycles. The Hall–Kier alpha value is -1.25. The Morgan fingerprint density at radius 1 is 0.657 bits per heavy atom. The van der Waals surface area contributed by atoms with Gasteiger partial charge in [0.05, 0.1) is 5.76 Å². The maximum atomic E-state index is 12.0. The van der Waals surface area contributed by atoms with Gasteiger partial charge in [-0.25, -0.2) is 0 Å². The Morgan fingerprint density at radius 3 is 1.49 bits per heavy atom. The molecule has 0 atom stereocenters. The molecule has 1 aliphatic carbocycles. The number of carbonyl (C=O) groups excluding carboxylic acids is 1. The molecule has 2 N–H and O–H groups in total. The Balaban J connectivity index is 1.71. The fourth-order valence-electron chi connectivity index (χ4n) is 5.05. The zero-order valence-electron chi connectivity index (χ0n) is 23.4. The van der Waals surface area contributed by atoms with E-state index < -0.39 is 0 Å². The highest BCUT2D eigenvalue weighted by Crippen LogP contribution is 2.18. The van der Waals surface area contributed by atoms with E-state index in [4.69, 9.17) is 0 Å². The largest absolute Gasteiger partial charge is 0.512 e. The molecule has 0 fully saturated rings. The summed E-state index contributed by atoms with van der Waals surface area (Å²) < 4.78 is 0. The van der Waals surface area contributed by atoms with E-state index in [1.54, 1.807) is 6.08 Å². The number of aliphatic hydroxyl groups excluding tert-OH is 1. The van der Waals surface area contributed by atoms with Gasteiger partial charge in [0.15, 0.2) is 0 Å². The van der Waals surface area contributed by atoms with E-state index >= 15 is 0 Å². The van der Waals surface area contributed by atoms with Crippen LogP contribution in [-0.4, -0.2) is 17.6 Å². The molecule has 3 heteroatoms. The standard InChI is InChI=1S/C32H59NO2/c1-2-3-4-5-6-7-8-9-10-11-12-13-14-15-16-17-18-19-20-21-22-23-32(35)33-29-28-30-24-26-31(34)27-25-30/h24,26,34H,2-23,25,27-29H2,1H3,(H,33,35). The molecule has 1 rings (SSSR count). The number of rotatable bonds is 25. The second kappa shape index (κ2) is 24.4. The molecule has 0 aromatic heterocycles. The van der Waals surface area contributed by atoms with Crippen LogP contribution in [0.1, 0.15) is 167 Å². The molecule has 1 aliphatic rings. The smallest absolute Gasteiger partial charge is 0.220 e. The van der Waals surface area contributed by atoms with Crippen molar-refractivity contribution in [3.63, 3.8) is 0 Å². The number of unbranched alkanes of at least 4 members (excludes halogenated alkanes) is 20. The van der Waals surface area contributed by atoms with Crippen molar-refractivity contribution >= 4 is 5.91 Å². The molecule has 0 bridgehead atoms. The summed E-state index contributed by atoms with van der Waals surface area (Å²) in [7, 11) is 0. The van der Waals surface area contributed by atoms with Gasteiger partial charge in [0, 0.05) is 19.4 Å². The molecule has 0 spiro atoms. The summed E-state index contributed by atoms with van der Waals surface area (Å²) in [5, 5.41) is 12.4. The first-order valence-electron chi connectivity index (χ1n) is 15.6. The van der Waals surface area contributed by atoms with E-state index in [1.807, 2.05) is 6.08 Å². The zero-order chi connectivity index (χ0) is 25.2. The molecule has 1 amide bonds. The fraction of sp³-hybridized carbons (Fsp3) is 0.844. The molecular formula is C32H59NO2. The second-order valence-corrected chi connectivity index (χ2v) is 10.9. The Kier molecular flexibility index (Phi) is 22.2. The van der Waals surface area contributed by atoms with Gasteiger partial charge >= 0.3 is 0 Å². The van der Waals surface area contributed by atoms with E-state index in [-0.39, 0.29) is 5.91 Å². The number of nitrogens with one attached hydrogen (secondary N) is 1. The Bertz CT molecular complexity index is 552. The molecule has 0 heterocycles. The van der Waals surface area contributed by atoms with Gasteiger partial charge in [0.2, 0.25) is 5.91 Å². The highest BCUT2D eigenvalue weighted by Gasteiger charge is 2.06. The lowest BCUT2D eigenvalue weighted by atomic mass is 10.0. The van der Waals surface area contributed by atoms with E-state index in [0.29, 0.717) is 12.2 Å². The number of hydrogen-bond donors (Lipinski definition) is 2. The second-order valence-electron chi connectivity index (χ2n) is 10.9. The predicted molar refractivity (Wildman–Crippen MR) is 153 cm³/mol. The van der Waals surface area contributed by atoms with E-state index in [0.717, 1.165) is 32.2 Å². The minimum atomic E-state index is 0.192. The fourth-order valence-corrected chi connectivity index (χ4v) is 5.05. The highest BCUT2D eigenvalue weighted by atomic mass is 16.3. The van der Waals surface area contributed by atoms with Gasteiger partial charge in [-0.3, -0.25) is 4.79 Å². The first-order chi connectivity index (χ1) is 17.2. The number of hydrogen-bond acceptors (Lipinski definition) is 2. The summed E-state index contributed by atoms with van der Waals surface area (Å²) in [5.41, 5.74) is 1.32. The minimum Gasteiger partial charge on any atom is -0.512 e. The summed E-state index contributed by atoms with van der Waals surface area (Å²) >= 11 is 0. The maximum Gasteiger partial charge on any atom is 0.220 e. The first kappa shape index (κ1) is 31.8. The van der Waals surface area contributed by atoms with Crippen molar-refractivity contribution in [2.45, 2.75) is 167 Å². The third-order valence-electron chi connectivity index (χ3n) is 7.49. The average Bonchev–Trinajstić information content (AvgIpc) is 2.86. The molecule has 0 aromatic carbocycles. The average molecular weight is 490 g/mol. The molecule has 3 nitrogen and oxygen atoms in total. The van der Waals surface area contributed by atoms with Gasteiger partial charge in [-0.15, -0.1) is 0 Å². The molecular weight excluding hydrogens is 430 g/mol. The lowest BCUT2D eigenvalue weighted by Gasteiger charge is -2.11. The van der Waals surface area contributed by atoms with Crippen molar-refractivity contribution in [2.75, 3.05) is 6.54 Å². The molecule has 0 saturated carbocycles. The van der Waals surface area contributed by atoms with Crippen molar-refractivity contribution < 1.29 is 9.90 Å². The maximum absolute atomic E-state index is 12.0. The van der Waals surface area contributed by atoms with Crippen molar-refractivity contribution in [3.8, 4) is 0 Å². The van der Waals surface area contributed by atoms with Crippen LogP contribution in [0.3, 0.4) is 0 Å². The lowest BCUT2D eigenvalue weighted by Crippen LogP contribution is -2.24. The van der Waals surface area contributed by atoms with Crippen molar-refractivity contribution in [1.82, 2.24) is 5.32 Å². The third-order valence-corrected chi connectivity index (χ3v) is 7.49. The molecule has 0 unspecified atom stereocenters. The third kappa shape index (κ3) is 21.7. The normalized spacial score (nSPS) is 13.5. The van der Waals surface area contributed by atoms with Gasteiger partial charge in [-0.05, 0) is 25.3 Å². The van der Waals surface area contributed by atoms with Crippen molar-refractivity contribution in [3.05, 3.63) is 23.5 Å². The topological polar surface area (TPSA) is 49.3 Å². The molecule has 204 valence electrons. The first-order valence-corrected chi connectivity index (χ1v) is 15.6. The molecule has 0 saturated heterocycles. The van der Waals surface area contributed by atoms with Crippen molar-refractivity contribution in [2.24, 2.45) is 0 Å². The zero-order valence-corrected chi connectivity index (χ0v) is 23.4. The number of allylic oxidation sites excluding steroid dienone is 3. The molecule has 0 aromatic rings. The molecule has 0 radical (unpaired) electrons. The van der Waals surface area contributed by atoms with Gasteiger partial charge in [0.1, 0.15) is 0 Å². The SMILES string of the molecule is CCCCCCCCCCCCCCCCCCCCCCCC(=O)NCCC1=CC=C(O)CC1. The number of aliphatic hydroxyl groups is 1. The van der Waals surface area contributed by atoms with Crippen LogP contribution in [0.15, 0.2) is 23.5 Å². The van der Waals surface area contributed by atoms with Crippen LogP contribution in [0.5, 0.6) is 0 Å². The summed E-state index contributed by atoms with van der Waals surface area (Å²) in [4.78, 5) is 12.0. The molecule has 35 heavy (non-hydrogen) atoms. The summed E-state index contributed by atoms with van der Waals surface area (Å²) in [6.07, 6.45) is 36.1. The van der Waals surface area contributed by atoms with Gasteiger partial charge < -0.3 is 10.4 Å². The van der Waals surface area contributed by atoms with E-state index in [2.05, 4.69) is 12.2 Å². The Morgan fingerprint density at radius 2 is 1.09 bits per heavy atom. The highest BCUT2D eigenvalue weighted by molar-refractivity contribution is 5.75. The van der Waals surface area contributed by atoms with Crippen LogP contribution in [0.4, 0.5) is 0 Å². The number of carbonyl (C=O) groups is 1. The van der Waals surface area contributed by atoms with Crippen molar-refractivity contribution in [1.29, 1.82) is 0 Å². The van der Waals surface area contributed by atoms with E-state index in [9.17, 15) is 9.90 Å².